The highest BCUT2D eigenvalue weighted by molar-refractivity contribution is 7.99. The van der Waals surface area contributed by atoms with Crippen LogP contribution in [0.25, 0.3) is 0 Å². The zero-order valence-electron chi connectivity index (χ0n) is 9.58. The van der Waals surface area contributed by atoms with Crippen LogP contribution in [0.5, 0.6) is 0 Å². The number of hydrogen-bond donors (Lipinski definition) is 1. The lowest BCUT2D eigenvalue weighted by molar-refractivity contribution is -0.119. The van der Waals surface area contributed by atoms with Gasteiger partial charge in [-0.1, -0.05) is 12.1 Å². The second-order valence-corrected chi connectivity index (χ2v) is 4.40. The number of nitrogens with one attached hydrogen (secondary N) is 1. The number of benzene rings is 1. The maximum absolute atomic E-state index is 12.1. The number of halogens is 3. The summed E-state index contributed by atoms with van der Waals surface area (Å²) in [5.74, 6) is -1.40. The molecule has 0 bridgehead atoms. The lowest BCUT2D eigenvalue weighted by Gasteiger charge is -2.11. The van der Waals surface area contributed by atoms with Crippen molar-refractivity contribution in [2.24, 2.45) is 0 Å². The first-order valence-electron chi connectivity index (χ1n) is 5.00. The van der Waals surface area contributed by atoms with Crippen LogP contribution < -0.4 is 5.32 Å². The molecular formula is C11H12F3NO2S. The number of carbonyl (C=O) groups is 1. The van der Waals surface area contributed by atoms with Crippen LogP contribution in [0.2, 0.25) is 0 Å². The van der Waals surface area contributed by atoms with E-state index in [0.29, 0.717) is 22.3 Å². The van der Waals surface area contributed by atoms with Crippen molar-refractivity contribution in [3.63, 3.8) is 0 Å². The first-order valence-corrected chi connectivity index (χ1v) is 5.98. The topological polar surface area (TPSA) is 38.3 Å². The van der Waals surface area contributed by atoms with Crippen LogP contribution in [-0.2, 0) is 9.53 Å². The van der Waals surface area contributed by atoms with Crippen LogP contribution >= 0.6 is 11.8 Å². The van der Waals surface area contributed by atoms with Crippen molar-refractivity contribution in [3.05, 3.63) is 24.3 Å². The predicted molar refractivity (Wildman–Crippen MR) is 63.7 cm³/mol. The molecule has 0 aliphatic heterocycles. The Balaban J connectivity index is 2.70. The van der Waals surface area contributed by atoms with Gasteiger partial charge in [0.25, 0.3) is 0 Å². The minimum Gasteiger partial charge on any atom is -0.375 e. The number of rotatable bonds is 5. The van der Waals surface area contributed by atoms with Crippen molar-refractivity contribution < 1.29 is 22.7 Å². The van der Waals surface area contributed by atoms with E-state index in [2.05, 4.69) is 10.1 Å². The lowest BCUT2D eigenvalue weighted by atomic mass is 10.3. The van der Waals surface area contributed by atoms with Crippen molar-refractivity contribution in [1.82, 2.24) is 0 Å². The summed E-state index contributed by atoms with van der Waals surface area (Å²) in [5.41, 5.74) is 0.355. The molecule has 0 saturated heterocycles. The molecular weight excluding hydrogens is 267 g/mol. The van der Waals surface area contributed by atoms with Crippen molar-refractivity contribution in [2.75, 3.05) is 24.8 Å². The molecule has 1 amide bonds. The monoisotopic (exact) mass is 279 g/mol. The molecule has 1 aromatic rings. The second kappa shape index (κ2) is 6.65. The van der Waals surface area contributed by atoms with E-state index in [1.807, 2.05) is 0 Å². The fraction of sp³-hybridized carbons (Fsp3) is 0.364. The molecule has 1 rings (SSSR count). The minimum absolute atomic E-state index is 0.141. The Morgan fingerprint density at radius 2 is 2.06 bits per heavy atom. The van der Waals surface area contributed by atoms with E-state index >= 15 is 0 Å². The van der Waals surface area contributed by atoms with Crippen LogP contribution in [0, 0.1) is 0 Å². The van der Waals surface area contributed by atoms with Gasteiger partial charge in [-0.15, -0.1) is 11.8 Å². The number of methoxy groups -OCH3 is 1. The molecule has 18 heavy (non-hydrogen) atoms. The Labute approximate surface area is 107 Å². The Morgan fingerprint density at radius 3 is 2.67 bits per heavy atom. The summed E-state index contributed by atoms with van der Waals surface area (Å²) in [6.07, 6.45) is -4.24. The number of amides is 1. The molecule has 0 heterocycles. The number of ether oxygens (including phenoxy) is 1. The SMILES string of the molecule is COCC(=O)Nc1ccccc1SCC(F)(F)F. The smallest absolute Gasteiger partial charge is 0.375 e. The number of anilines is 1. The zero-order valence-corrected chi connectivity index (χ0v) is 10.4. The van der Waals surface area contributed by atoms with Crippen molar-refractivity contribution in [1.29, 1.82) is 0 Å². The van der Waals surface area contributed by atoms with E-state index in [9.17, 15) is 18.0 Å². The average molecular weight is 279 g/mol. The van der Waals surface area contributed by atoms with E-state index < -0.39 is 17.8 Å². The van der Waals surface area contributed by atoms with Crippen LogP contribution in [0.3, 0.4) is 0 Å². The van der Waals surface area contributed by atoms with E-state index in [4.69, 9.17) is 0 Å². The first kappa shape index (κ1) is 14.8. The van der Waals surface area contributed by atoms with E-state index in [1.54, 1.807) is 18.2 Å². The molecule has 0 aromatic heterocycles. The fourth-order valence-corrected chi connectivity index (χ4v) is 1.94. The van der Waals surface area contributed by atoms with Gasteiger partial charge >= 0.3 is 6.18 Å². The van der Waals surface area contributed by atoms with E-state index in [-0.39, 0.29) is 6.61 Å². The first-order chi connectivity index (χ1) is 8.42. The van der Waals surface area contributed by atoms with Crippen LogP contribution in [0.4, 0.5) is 18.9 Å². The predicted octanol–water partition coefficient (Wildman–Crippen LogP) is 2.93. The lowest BCUT2D eigenvalue weighted by Crippen LogP contribution is -2.18. The fourth-order valence-electron chi connectivity index (χ4n) is 1.17. The number of hydrogen-bond acceptors (Lipinski definition) is 3. The Morgan fingerprint density at radius 1 is 1.39 bits per heavy atom. The third kappa shape index (κ3) is 5.42. The van der Waals surface area contributed by atoms with Gasteiger partial charge in [0.1, 0.15) is 6.61 Å². The Kier molecular flexibility index (Phi) is 5.49. The molecule has 0 aliphatic rings. The van der Waals surface area contributed by atoms with Crippen LogP contribution in [0.1, 0.15) is 0 Å². The molecule has 0 radical (unpaired) electrons. The van der Waals surface area contributed by atoms with Crippen LogP contribution in [0.15, 0.2) is 29.2 Å². The molecule has 0 saturated carbocycles. The highest BCUT2D eigenvalue weighted by Crippen LogP contribution is 2.31. The van der Waals surface area contributed by atoms with Crippen LogP contribution in [-0.4, -0.2) is 31.6 Å². The quantitative estimate of drug-likeness (QED) is 0.842. The summed E-state index contributed by atoms with van der Waals surface area (Å²) in [6.45, 7) is -0.141. The summed E-state index contributed by atoms with van der Waals surface area (Å²) in [7, 11) is 1.36. The van der Waals surface area contributed by atoms with Gasteiger partial charge in [-0.3, -0.25) is 4.79 Å². The largest absolute Gasteiger partial charge is 0.398 e. The Hall–Kier alpha value is -1.21. The third-order valence-electron chi connectivity index (χ3n) is 1.83. The van der Waals surface area contributed by atoms with Gasteiger partial charge in [0.05, 0.1) is 11.4 Å². The summed E-state index contributed by atoms with van der Waals surface area (Å²) < 4.78 is 41.0. The van der Waals surface area contributed by atoms with Gasteiger partial charge in [0, 0.05) is 12.0 Å². The molecule has 3 nitrogen and oxygen atoms in total. The highest BCUT2D eigenvalue weighted by atomic mass is 32.2. The molecule has 100 valence electrons. The number of carbonyl (C=O) groups excluding carboxylic acids is 1. The van der Waals surface area contributed by atoms with Gasteiger partial charge in [0.15, 0.2) is 0 Å². The molecule has 0 unspecified atom stereocenters. The van der Waals surface area contributed by atoms with Gasteiger partial charge in [-0.25, -0.2) is 0 Å². The maximum Gasteiger partial charge on any atom is 0.398 e. The number of thioether (sulfide) groups is 1. The molecule has 0 atom stereocenters. The molecule has 0 fully saturated rings. The third-order valence-corrected chi connectivity index (χ3v) is 2.97. The number of para-hydroxylation sites is 1. The maximum atomic E-state index is 12.1. The summed E-state index contributed by atoms with van der Waals surface area (Å²) in [4.78, 5) is 11.7. The van der Waals surface area contributed by atoms with Gasteiger partial charge in [0.2, 0.25) is 5.91 Å². The minimum atomic E-state index is -4.24. The molecule has 0 aliphatic carbocycles. The highest BCUT2D eigenvalue weighted by Gasteiger charge is 2.27. The molecule has 1 aromatic carbocycles. The zero-order chi connectivity index (χ0) is 13.6. The molecule has 7 heteroatoms. The Bertz CT molecular complexity index is 410. The normalized spacial score (nSPS) is 11.3. The standard InChI is InChI=1S/C11H12F3NO2S/c1-17-6-10(16)15-8-4-2-3-5-9(8)18-7-11(12,13)14/h2-5H,6-7H2,1H3,(H,15,16). The summed E-state index contributed by atoms with van der Waals surface area (Å²) >= 11 is 0.634. The van der Waals surface area contributed by atoms with E-state index in [1.165, 1.54) is 13.2 Å². The average Bonchev–Trinajstić information content (AvgIpc) is 2.27. The van der Waals surface area contributed by atoms with Crippen molar-refractivity contribution in [3.8, 4) is 0 Å². The van der Waals surface area contributed by atoms with Gasteiger partial charge < -0.3 is 10.1 Å². The summed E-state index contributed by atoms with van der Waals surface area (Å²) in [5, 5.41) is 2.50. The van der Waals surface area contributed by atoms with Crippen molar-refractivity contribution in [2.45, 2.75) is 11.1 Å². The summed E-state index contributed by atoms with van der Waals surface area (Å²) in [6, 6.07) is 6.33. The second-order valence-electron chi connectivity index (χ2n) is 3.38. The van der Waals surface area contributed by atoms with Crippen molar-refractivity contribution >= 4 is 23.4 Å². The molecule has 1 N–H and O–H groups in total. The van der Waals surface area contributed by atoms with Gasteiger partial charge in [-0.05, 0) is 12.1 Å². The number of alkyl halides is 3. The van der Waals surface area contributed by atoms with Gasteiger partial charge in [-0.2, -0.15) is 13.2 Å². The van der Waals surface area contributed by atoms with E-state index in [0.717, 1.165) is 0 Å². The molecule has 0 spiro atoms.